The van der Waals surface area contributed by atoms with Crippen LogP contribution < -0.4 is 14.8 Å². The van der Waals surface area contributed by atoms with Crippen molar-refractivity contribution >= 4 is 0 Å². The van der Waals surface area contributed by atoms with E-state index in [0.29, 0.717) is 5.88 Å². The van der Waals surface area contributed by atoms with E-state index in [1.807, 2.05) is 37.4 Å². The van der Waals surface area contributed by atoms with Gasteiger partial charge in [-0.05, 0) is 13.1 Å². The number of nitrogens with one attached hydrogen (secondary N) is 1. The van der Waals surface area contributed by atoms with E-state index >= 15 is 0 Å². The van der Waals surface area contributed by atoms with Gasteiger partial charge in [0.1, 0.15) is 12.1 Å². The maximum absolute atomic E-state index is 5.39. The fourth-order valence-corrected chi connectivity index (χ4v) is 1.99. The number of methoxy groups -OCH3 is 2. The Morgan fingerprint density at radius 2 is 1.89 bits per heavy atom. The van der Waals surface area contributed by atoms with Gasteiger partial charge in [-0.2, -0.15) is 0 Å². The highest BCUT2D eigenvalue weighted by Gasteiger charge is 2.18. The first-order valence-electron chi connectivity index (χ1n) is 5.96. The van der Waals surface area contributed by atoms with Crippen LogP contribution in [0.15, 0.2) is 36.7 Å². The lowest BCUT2D eigenvalue weighted by atomic mass is 10.0. The van der Waals surface area contributed by atoms with Gasteiger partial charge in [0.15, 0.2) is 0 Å². The molecule has 1 aromatic carbocycles. The molecule has 0 aliphatic carbocycles. The molecule has 1 aromatic heterocycles. The van der Waals surface area contributed by atoms with Gasteiger partial charge in [-0.1, -0.05) is 18.2 Å². The predicted molar refractivity (Wildman–Crippen MR) is 72.5 cm³/mol. The predicted octanol–water partition coefficient (Wildman–Crippen LogP) is 1.80. The summed E-state index contributed by atoms with van der Waals surface area (Å²) >= 11 is 0. The van der Waals surface area contributed by atoms with Crippen molar-refractivity contribution in [1.29, 1.82) is 0 Å². The van der Waals surface area contributed by atoms with E-state index in [1.165, 1.54) is 6.33 Å². The molecule has 2 rings (SSSR count). The minimum absolute atomic E-state index is 0.0759. The van der Waals surface area contributed by atoms with Crippen molar-refractivity contribution in [2.24, 2.45) is 0 Å². The smallest absolute Gasteiger partial charge is 0.216 e. The summed E-state index contributed by atoms with van der Waals surface area (Å²) in [5.41, 5.74) is 1.85. The zero-order valence-corrected chi connectivity index (χ0v) is 11.3. The molecule has 2 aromatic rings. The summed E-state index contributed by atoms with van der Waals surface area (Å²) in [6.07, 6.45) is 1.49. The van der Waals surface area contributed by atoms with Crippen molar-refractivity contribution in [3.8, 4) is 11.6 Å². The lowest BCUT2D eigenvalue weighted by Gasteiger charge is -2.19. The minimum Gasteiger partial charge on any atom is -0.496 e. The van der Waals surface area contributed by atoms with Crippen LogP contribution in [-0.4, -0.2) is 31.2 Å². The van der Waals surface area contributed by atoms with Gasteiger partial charge in [-0.15, -0.1) is 0 Å². The summed E-state index contributed by atoms with van der Waals surface area (Å²) in [7, 11) is 5.13. The van der Waals surface area contributed by atoms with E-state index in [2.05, 4.69) is 15.3 Å². The Bertz CT molecular complexity index is 546. The molecule has 0 amide bonds. The number of nitrogens with zero attached hydrogens (tertiary/aromatic N) is 2. The highest BCUT2D eigenvalue weighted by atomic mass is 16.5. The molecule has 0 saturated carbocycles. The summed E-state index contributed by atoms with van der Waals surface area (Å²) < 4.78 is 10.5. The van der Waals surface area contributed by atoms with Gasteiger partial charge in [0.05, 0.1) is 26.0 Å². The topological polar surface area (TPSA) is 56.3 Å². The zero-order valence-electron chi connectivity index (χ0n) is 11.3. The molecule has 1 unspecified atom stereocenters. The normalized spacial score (nSPS) is 11.9. The van der Waals surface area contributed by atoms with Gasteiger partial charge < -0.3 is 14.8 Å². The standard InChI is InChI=1S/C14H17N3O2/c1-15-14(10-6-4-5-7-12(10)18-2)11-8-13(19-3)17-9-16-11/h4-9,14-15H,1-3H3. The number of hydrogen-bond donors (Lipinski definition) is 1. The van der Waals surface area contributed by atoms with Gasteiger partial charge in [-0.3, -0.25) is 0 Å². The third-order valence-corrected chi connectivity index (χ3v) is 2.91. The second kappa shape index (κ2) is 6.15. The molecule has 1 heterocycles. The van der Waals surface area contributed by atoms with Crippen molar-refractivity contribution in [2.75, 3.05) is 21.3 Å². The fraction of sp³-hybridized carbons (Fsp3) is 0.286. The molecule has 0 radical (unpaired) electrons. The van der Waals surface area contributed by atoms with Crippen LogP contribution in [0.3, 0.4) is 0 Å². The quantitative estimate of drug-likeness (QED) is 0.887. The Hall–Kier alpha value is -2.14. The third kappa shape index (κ3) is 2.82. The van der Waals surface area contributed by atoms with E-state index in [4.69, 9.17) is 9.47 Å². The van der Waals surface area contributed by atoms with Crippen LogP contribution >= 0.6 is 0 Å². The molecule has 19 heavy (non-hydrogen) atoms. The van der Waals surface area contributed by atoms with Crippen molar-refractivity contribution in [3.63, 3.8) is 0 Å². The Labute approximate surface area is 112 Å². The number of para-hydroxylation sites is 1. The molecule has 5 heteroatoms. The second-order valence-corrected chi connectivity index (χ2v) is 3.95. The number of benzene rings is 1. The molecule has 0 aliphatic rings. The maximum atomic E-state index is 5.39. The van der Waals surface area contributed by atoms with Crippen LogP contribution in [0.2, 0.25) is 0 Å². The number of ether oxygens (including phenoxy) is 2. The molecule has 0 bridgehead atoms. The average molecular weight is 259 g/mol. The van der Waals surface area contributed by atoms with Crippen LogP contribution in [0.1, 0.15) is 17.3 Å². The fourth-order valence-electron chi connectivity index (χ4n) is 1.99. The molecule has 100 valence electrons. The van der Waals surface area contributed by atoms with Gasteiger partial charge in [0, 0.05) is 11.6 Å². The van der Waals surface area contributed by atoms with Crippen LogP contribution in [-0.2, 0) is 0 Å². The molecule has 0 saturated heterocycles. The lowest BCUT2D eigenvalue weighted by Crippen LogP contribution is -2.19. The average Bonchev–Trinajstić information content (AvgIpc) is 2.49. The summed E-state index contributed by atoms with van der Waals surface area (Å²) in [5, 5.41) is 3.23. The number of hydrogen-bond acceptors (Lipinski definition) is 5. The molecule has 0 fully saturated rings. The van der Waals surface area contributed by atoms with Crippen LogP contribution in [0, 0.1) is 0 Å². The minimum atomic E-state index is -0.0759. The van der Waals surface area contributed by atoms with E-state index in [9.17, 15) is 0 Å². The first kappa shape index (κ1) is 13.3. The van der Waals surface area contributed by atoms with Gasteiger partial charge >= 0.3 is 0 Å². The van der Waals surface area contributed by atoms with E-state index in [1.54, 1.807) is 14.2 Å². The highest BCUT2D eigenvalue weighted by molar-refractivity contribution is 5.40. The molecule has 5 nitrogen and oxygen atoms in total. The Balaban J connectivity index is 2.43. The van der Waals surface area contributed by atoms with Gasteiger partial charge in [0.2, 0.25) is 5.88 Å². The zero-order chi connectivity index (χ0) is 13.7. The third-order valence-electron chi connectivity index (χ3n) is 2.91. The van der Waals surface area contributed by atoms with Crippen molar-refractivity contribution < 1.29 is 9.47 Å². The Morgan fingerprint density at radius 1 is 1.11 bits per heavy atom. The van der Waals surface area contributed by atoms with Crippen molar-refractivity contribution in [3.05, 3.63) is 47.9 Å². The van der Waals surface area contributed by atoms with E-state index < -0.39 is 0 Å². The van der Waals surface area contributed by atoms with Crippen molar-refractivity contribution in [1.82, 2.24) is 15.3 Å². The van der Waals surface area contributed by atoms with Crippen LogP contribution in [0.25, 0.3) is 0 Å². The maximum Gasteiger partial charge on any atom is 0.216 e. The molecular formula is C14H17N3O2. The van der Waals surface area contributed by atoms with E-state index in [0.717, 1.165) is 17.0 Å². The molecule has 1 atom stereocenters. The molecule has 0 aliphatic heterocycles. The second-order valence-electron chi connectivity index (χ2n) is 3.95. The largest absolute Gasteiger partial charge is 0.496 e. The summed E-state index contributed by atoms with van der Waals surface area (Å²) in [6, 6.07) is 9.59. The summed E-state index contributed by atoms with van der Waals surface area (Å²) in [6.45, 7) is 0. The van der Waals surface area contributed by atoms with E-state index in [-0.39, 0.29) is 6.04 Å². The summed E-state index contributed by atoms with van der Waals surface area (Å²) in [5.74, 6) is 1.36. The molecule has 0 spiro atoms. The Morgan fingerprint density at radius 3 is 2.58 bits per heavy atom. The van der Waals surface area contributed by atoms with Crippen LogP contribution in [0.5, 0.6) is 11.6 Å². The lowest BCUT2D eigenvalue weighted by molar-refractivity contribution is 0.393. The highest BCUT2D eigenvalue weighted by Crippen LogP contribution is 2.29. The Kier molecular flexibility index (Phi) is 4.30. The van der Waals surface area contributed by atoms with Crippen molar-refractivity contribution in [2.45, 2.75) is 6.04 Å². The first-order valence-corrected chi connectivity index (χ1v) is 5.96. The van der Waals surface area contributed by atoms with Crippen LogP contribution in [0.4, 0.5) is 0 Å². The SMILES string of the molecule is CNC(c1cc(OC)ncn1)c1ccccc1OC. The monoisotopic (exact) mass is 259 g/mol. The number of aromatic nitrogens is 2. The van der Waals surface area contributed by atoms with Gasteiger partial charge in [0.25, 0.3) is 0 Å². The first-order chi connectivity index (χ1) is 9.30. The van der Waals surface area contributed by atoms with Gasteiger partial charge in [-0.25, -0.2) is 9.97 Å². The molecular weight excluding hydrogens is 242 g/mol. The summed E-state index contributed by atoms with van der Waals surface area (Å²) in [4.78, 5) is 8.32. The molecule has 1 N–H and O–H groups in total. The number of rotatable bonds is 5.